The van der Waals surface area contributed by atoms with Crippen molar-refractivity contribution in [2.24, 2.45) is 5.92 Å². The number of hydrogen-bond acceptors (Lipinski definition) is 2. The van der Waals surface area contributed by atoms with Crippen LogP contribution in [-0.2, 0) is 11.2 Å². The van der Waals surface area contributed by atoms with E-state index in [-0.39, 0.29) is 0 Å². The number of halogens is 1. The number of nitrogens with zero attached hydrogens (tertiary/aromatic N) is 1. The second-order valence-electron chi connectivity index (χ2n) is 7.47. The first-order valence-electron chi connectivity index (χ1n) is 8.62. The minimum Gasteiger partial charge on any atom is -0.370 e. The van der Waals surface area contributed by atoms with E-state index in [0.717, 1.165) is 25.3 Å². The van der Waals surface area contributed by atoms with Crippen LogP contribution < -0.4 is 5.32 Å². The van der Waals surface area contributed by atoms with Crippen LogP contribution in [0.5, 0.6) is 0 Å². The fourth-order valence-electron chi connectivity index (χ4n) is 3.22. The number of nitrogens with one attached hydrogen (secondary N) is 1. The molecule has 0 spiro atoms. The third-order valence-electron chi connectivity index (χ3n) is 4.51. The van der Waals surface area contributed by atoms with E-state index in [2.05, 4.69) is 69.7 Å². The van der Waals surface area contributed by atoms with Gasteiger partial charge in [0.2, 0.25) is 5.91 Å². The maximum Gasteiger partial charge on any atom is 0.214 e. The van der Waals surface area contributed by atoms with E-state index in [9.17, 15) is 4.79 Å². The fraction of sp³-hybridized carbons (Fsp3) is 0.611. The summed E-state index contributed by atoms with van der Waals surface area (Å²) in [5.74, 6) is 1.21. The lowest BCUT2D eigenvalue weighted by Crippen LogP contribution is -2.46. The number of benzene rings is 1. The van der Waals surface area contributed by atoms with Crippen molar-refractivity contribution in [2.45, 2.75) is 45.3 Å². The number of rotatable bonds is 3. The Morgan fingerprint density at radius 2 is 2.04 bits per heavy atom. The van der Waals surface area contributed by atoms with E-state index >= 15 is 0 Å². The van der Waals surface area contributed by atoms with Crippen molar-refractivity contribution in [3.8, 4) is 0 Å². The molecule has 1 unspecified atom stereocenters. The van der Waals surface area contributed by atoms with Crippen molar-refractivity contribution < 1.29 is 4.79 Å². The van der Waals surface area contributed by atoms with E-state index in [4.69, 9.17) is 0 Å². The summed E-state index contributed by atoms with van der Waals surface area (Å²) in [4.78, 5) is 11.2. The molecule has 3 rings (SSSR count). The lowest BCUT2D eigenvalue weighted by atomic mass is 9.99. The predicted molar refractivity (Wildman–Crippen MR) is 103 cm³/mol. The molecule has 128 valence electrons. The summed E-state index contributed by atoms with van der Waals surface area (Å²) >= 11 is 3.58. The molecule has 0 aromatic heterocycles. The maximum atomic E-state index is 11.2. The number of hydrogen-bond donors (Lipinski definition) is 1. The summed E-state index contributed by atoms with van der Waals surface area (Å²) in [6.07, 6.45) is 4.38. The normalized spacial score (nSPS) is 21.3. The van der Waals surface area contributed by atoms with Crippen LogP contribution in [0.3, 0.4) is 0 Å². The molecule has 0 bridgehead atoms. The molecular formula is C18H29BrN2OSi. The number of carbonyl (C=O) groups excluding carboxylic acids is 1. The second kappa shape index (κ2) is 8.45. The lowest BCUT2D eigenvalue weighted by molar-refractivity contribution is -0.124. The zero-order chi connectivity index (χ0) is 16.9. The SMILES string of the molecule is Brc1ccccc1CC1CCNC1.C[Si](C)(C)N1CCCC1=O. The standard InChI is InChI=1S/C11H14BrN.C7H15NOSi/c12-11-4-2-1-3-10(11)7-9-5-6-13-8-9;1-10(2,3)8-6-4-5-7(8)9/h1-4,9,13H,5-8H2;4-6H2,1-3H3. The van der Waals surface area contributed by atoms with Gasteiger partial charge in [0.15, 0.2) is 8.24 Å². The average Bonchev–Trinajstić information content (AvgIpc) is 3.13. The van der Waals surface area contributed by atoms with Crippen LogP contribution in [0.1, 0.15) is 24.8 Å². The minimum absolute atomic E-state index is 0.374. The van der Waals surface area contributed by atoms with Gasteiger partial charge in [0.05, 0.1) is 0 Å². The molecule has 2 heterocycles. The summed E-state index contributed by atoms with van der Waals surface area (Å²) in [7, 11) is -1.30. The van der Waals surface area contributed by atoms with Crippen LogP contribution >= 0.6 is 15.9 Å². The van der Waals surface area contributed by atoms with Gasteiger partial charge in [0.25, 0.3) is 0 Å². The van der Waals surface area contributed by atoms with Gasteiger partial charge in [-0.05, 0) is 49.9 Å². The molecule has 0 aliphatic carbocycles. The summed E-state index contributed by atoms with van der Waals surface area (Å²) in [5, 5.41) is 3.40. The minimum atomic E-state index is -1.30. The van der Waals surface area contributed by atoms with E-state index in [1.54, 1.807) is 0 Å². The second-order valence-corrected chi connectivity index (χ2v) is 13.2. The first-order valence-corrected chi connectivity index (χ1v) is 12.9. The Morgan fingerprint density at radius 1 is 1.30 bits per heavy atom. The summed E-state index contributed by atoms with van der Waals surface area (Å²) in [6, 6.07) is 8.52. The van der Waals surface area contributed by atoms with Gasteiger partial charge in [-0.3, -0.25) is 4.79 Å². The third kappa shape index (κ3) is 5.73. The van der Waals surface area contributed by atoms with E-state index in [1.807, 2.05) is 0 Å². The molecule has 0 radical (unpaired) electrons. The van der Waals surface area contributed by atoms with Crippen molar-refractivity contribution in [3.05, 3.63) is 34.3 Å². The number of amides is 1. The van der Waals surface area contributed by atoms with Crippen molar-refractivity contribution >= 4 is 30.1 Å². The molecular weight excluding hydrogens is 368 g/mol. The highest BCUT2D eigenvalue weighted by atomic mass is 79.9. The zero-order valence-corrected chi connectivity index (χ0v) is 17.2. The Hall–Kier alpha value is -0.653. The van der Waals surface area contributed by atoms with Crippen LogP contribution in [0.4, 0.5) is 0 Å². The Labute approximate surface area is 150 Å². The van der Waals surface area contributed by atoms with Gasteiger partial charge in [0.1, 0.15) is 0 Å². The van der Waals surface area contributed by atoms with Crippen molar-refractivity contribution in [1.29, 1.82) is 0 Å². The first-order chi connectivity index (χ1) is 10.9. The van der Waals surface area contributed by atoms with E-state index in [1.165, 1.54) is 36.0 Å². The molecule has 1 N–H and O–H groups in total. The molecule has 5 heteroatoms. The zero-order valence-electron chi connectivity index (χ0n) is 14.6. The smallest absolute Gasteiger partial charge is 0.214 e. The van der Waals surface area contributed by atoms with Crippen LogP contribution in [0, 0.1) is 5.92 Å². The molecule has 1 atom stereocenters. The third-order valence-corrected chi connectivity index (χ3v) is 7.38. The van der Waals surface area contributed by atoms with Crippen LogP contribution in [0.2, 0.25) is 19.6 Å². The lowest BCUT2D eigenvalue weighted by Gasteiger charge is -2.29. The first kappa shape index (κ1) is 18.7. The highest BCUT2D eigenvalue weighted by Crippen LogP contribution is 2.22. The Kier molecular flexibility index (Phi) is 6.86. The van der Waals surface area contributed by atoms with Crippen LogP contribution in [0.15, 0.2) is 28.7 Å². The van der Waals surface area contributed by atoms with Gasteiger partial charge >= 0.3 is 0 Å². The summed E-state index contributed by atoms with van der Waals surface area (Å²) in [5.41, 5.74) is 1.44. The molecule has 1 aromatic rings. The van der Waals surface area contributed by atoms with Gasteiger partial charge in [-0.2, -0.15) is 0 Å². The fourth-order valence-corrected chi connectivity index (χ4v) is 5.36. The predicted octanol–water partition coefficient (Wildman–Crippen LogP) is 4.04. The Bertz CT molecular complexity index is 524. The van der Waals surface area contributed by atoms with Gasteiger partial charge in [-0.15, -0.1) is 0 Å². The van der Waals surface area contributed by atoms with Gasteiger partial charge in [-0.1, -0.05) is 53.8 Å². The molecule has 23 heavy (non-hydrogen) atoms. The molecule has 3 nitrogen and oxygen atoms in total. The van der Waals surface area contributed by atoms with Crippen molar-refractivity contribution in [2.75, 3.05) is 19.6 Å². The van der Waals surface area contributed by atoms with Gasteiger partial charge < -0.3 is 9.88 Å². The molecule has 2 aliphatic rings. The number of carbonyl (C=O) groups is 1. The molecule has 0 saturated carbocycles. The van der Waals surface area contributed by atoms with Crippen LogP contribution in [-0.4, -0.2) is 38.3 Å². The van der Waals surface area contributed by atoms with Gasteiger partial charge in [-0.25, -0.2) is 0 Å². The van der Waals surface area contributed by atoms with Gasteiger partial charge in [0, 0.05) is 17.4 Å². The Balaban J connectivity index is 0.000000174. The monoisotopic (exact) mass is 396 g/mol. The Morgan fingerprint density at radius 3 is 2.52 bits per heavy atom. The average molecular weight is 397 g/mol. The topological polar surface area (TPSA) is 32.3 Å². The van der Waals surface area contributed by atoms with Crippen LogP contribution in [0.25, 0.3) is 0 Å². The summed E-state index contributed by atoms with van der Waals surface area (Å²) < 4.78 is 3.34. The summed E-state index contributed by atoms with van der Waals surface area (Å²) in [6.45, 7) is 10.0. The highest BCUT2D eigenvalue weighted by Gasteiger charge is 2.31. The largest absolute Gasteiger partial charge is 0.370 e. The van der Waals surface area contributed by atoms with Crippen molar-refractivity contribution in [1.82, 2.24) is 9.88 Å². The maximum absolute atomic E-state index is 11.2. The molecule has 1 aromatic carbocycles. The molecule has 2 aliphatic heterocycles. The molecule has 2 saturated heterocycles. The van der Waals surface area contributed by atoms with Crippen molar-refractivity contribution in [3.63, 3.8) is 0 Å². The quantitative estimate of drug-likeness (QED) is 0.781. The molecule has 2 fully saturated rings. The van der Waals surface area contributed by atoms with E-state index in [0.29, 0.717) is 5.91 Å². The molecule has 1 amide bonds. The van der Waals surface area contributed by atoms with E-state index < -0.39 is 8.24 Å². The highest BCUT2D eigenvalue weighted by molar-refractivity contribution is 9.10.